The largest absolute Gasteiger partial charge is 0.378 e. The van der Waals surface area contributed by atoms with Gasteiger partial charge in [0.25, 0.3) is 11.8 Å². The molecule has 2 amide bonds. The van der Waals surface area contributed by atoms with Crippen molar-refractivity contribution < 1.29 is 9.59 Å². The predicted octanol–water partition coefficient (Wildman–Crippen LogP) is 3.68. The lowest BCUT2D eigenvalue weighted by Gasteiger charge is -2.29. The first kappa shape index (κ1) is 20.6. The van der Waals surface area contributed by atoms with Crippen LogP contribution >= 0.6 is 12.2 Å². The minimum Gasteiger partial charge on any atom is -0.378 e. The van der Waals surface area contributed by atoms with Gasteiger partial charge < -0.3 is 9.47 Å². The second-order valence-corrected chi connectivity index (χ2v) is 7.89. The Morgan fingerprint density at radius 1 is 0.935 bits per heavy atom. The van der Waals surface area contributed by atoms with Crippen molar-refractivity contribution in [3.8, 4) is 5.69 Å². The zero-order valence-corrected chi connectivity index (χ0v) is 18.3. The molecule has 1 aliphatic rings. The van der Waals surface area contributed by atoms with Crippen LogP contribution in [-0.2, 0) is 9.59 Å². The molecule has 1 N–H and O–H groups in total. The molecule has 0 radical (unpaired) electrons. The monoisotopic (exact) mass is 430 g/mol. The molecule has 0 spiro atoms. The number of rotatable bonds is 4. The number of thiocarbonyl (C=S) groups is 1. The van der Waals surface area contributed by atoms with Gasteiger partial charge in [0.15, 0.2) is 5.11 Å². The van der Waals surface area contributed by atoms with Crippen LogP contribution < -0.4 is 15.1 Å². The summed E-state index contributed by atoms with van der Waals surface area (Å²) in [6, 6.07) is 19.2. The van der Waals surface area contributed by atoms with Crippen molar-refractivity contribution in [1.82, 2.24) is 9.88 Å². The summed E-state index contributed by atoms with van der Waals surface area (Å²) in [4.78, 5) is 29.2. The van der Waals surface area contributed by atoms with Crippen LogP contribution in [-0.4, -0.2) is 35.6 Å². The molecule has 0 unspecified atom stereocenters. The molecule has 31 heavy (non-hydrogen) atoms. The van der Waals surface area contributed by atoms with Gasteiger partial charge in [0.05, 0.1) is 5.69 Å². The minimum atomic E-state index is -0.505. The van der Waals surface area contributed by atoms with Crippen molar-refractivity contribution >= 4 is 46.6 Å². The number of aromatic nitrogens is 1. The lowest BCUT2D eigenvalue weighted by atomic mass is 10.1. The Balaban J connectivity index is 1.70. The van der Waals surface area contributed by atoms with Crippen LogP contribution in [0.3, 0.4) is 0 Å². The second-order valence-electron chi connectivity index (χ2n) is 7.51. The highest BCUT2D eigenvalue weighted by atomic mass is 32.1. The van der Waals surface area contributed by atoms with Crippen LogP contribution in [0.25, 0.3) is 11.8 Å². The molecule has 0 aliphatic carbocycles. The zero-order valence-electron chi connectivity index (χ0n) is 17.5. The van der Waals surface area contributed by atoms with Gasteiger partial charge in [-0.15, -0.1) is 0 Å². The van der Waals surface area contributed by atoms with E-state index in [4.69, 9.17) is 12.2 Å². The average Bonchev–Trinajstić information content (AvgIpc) is 3.20. The van der Waals surface area contributed by atoms with Crippen molar-refractivity contribution in [2.24, 2.45) is 0 Å². The molecule has 2 heterocycles. The number of hydrogen-bond acceptors (Lipinski definition) is 4. The number of aryl methyl sites for hydroxylation is 1. The van der Waals surface area contributed by atoms with Crippen molar-refractivity contribution in [3.63, 3.8) is 0 Å². The van der Waals surface area contributed by atoms with E-state index in [1.54, 1.807) is 6.08 Å². The van der Waals surface area contributed by atoms with Gasteiger partial charge in [0.2, 0.25) is 0 Å². The molecule has 0 saturated carbocycles. The van der Waals surface area contributed by atoms with Gasteiger partial charge in [-0.25, -0.2) is 0 Å². The molecule has 1 aromatic heterocycles. The maximum Gasteiger partial charge on any atom is 0.270 e. The molecule has 6 nitrogen and oxygen atoms in total. The van der Waals surface area contributed by atoms with E-state index in [-0.39, 0.29) is 10.7 Å². The van der Waals surface area contributed by atoms with E-state index in [0.717, 1.165) is 16.9 Å². The van der Waals surface area contributed by atoms with E-state index in [0.29, 0.717) is 11.4 Å². The number of hydrogen-bond donors (Lipinski definition) is 1. The van der Waals surface area contributed by atoms with Crippen LogP contribution in [0.2, 0.25) is 0 Å². The third-order valence-corrected chi connectivity index (χ3v) is 5.40. The Labute approximate surface area is 186 Å². The van der Waals surface area contributed by atoms with Gasteiger partial charge in [-0.2, -0.15) is 0 Å². The first-order valence-electron chi connectivity index (χ1n) is 9.78. The van der Waals surface area contributed by atoms with Crippen molar-refractivity contribution in [3.05, 3.63) is 83.7 Å². The first-order valence-corrected chi connectivity index (χ1v) is 10.2. The first-order chi connectivity index (χ1) is 14.8. The fourth-order valence-corrected chi connectivity index (χ4v) is 3.67. The van der Waals surface area contributed by atoms with Gasteiger partial charge in [0.1, 0.15) is 5.57 Å². The maximum atomic E-state index is 13.2. The quantitative estimate of drug-likeness (QED) is 0.390. The Morgan fingerprint density at radius 3 is 2.23 bits per heavy atom. The molecule has 1 aliphatic heterocycles. The van der Waals surface area contributed by atoms with E-state index in [1.807, 2.05) is 97.3 Å². The zero-order chi connectivity index (χ0) is 22.1. The molecule has 3 aromatic rings. The number of carbonyl (C=O) groups is 2. The summed E-state index contributed by atoms with van der Waals surface area (Å²) < 4.78 is 1.93. The van der Waals surface area contributed by atoms with Gasteiger partial charge in [0, 0.05) is 37.4 Å². The van der Waals surface area contributed by atoms with Crippen LogP contribution in [0.5, 0.6) is 0 Å². The van der Waals surface area contributed by atoms with E-state index in [2.05, 4.69) is 5.32 Å². The standard InChI is InChI=1S/C24H22N4O2S/c1-16-6-8-19(9-7-16)28-23(30)21(22(29)25-24(28)31)15-20-5-4-14-27(20)18-12-10-17(11-13-18)26(2)3/h4-15H,1-3H3,(H,25,29,31)/b21-15+. The number of nitrogens with zero attached hydrogens (tertiary/aromatic N) is 3. The third kappa shape index (κ3) is 4.00. The topological polar surface area (TPSA) is 57.6 Å². The van der Waals surface area contributed by atoms with Gasteiger partial charge in [-0.1, -0.05) is 17.7 Å². The maximum absolute atomic E-state index is 13.2. The van der Waals surface area contributed by atoms with Crippen LogP contribution in [0.1, 0.15) is 11.3 Å². The molecule has 0 bridgehead atoms. The molecule has 7 heteroatoms. The molecule has 2 aromatic carbocycles. The van der Waals surface area contributed by atoms with E-state index in [9.17, 15) is 9.59 Å². The Morgan fingerprint density at radius 2 is 1.58 bits per heavy atom. The van der Waals surface area contributed by atoms with E-state index >= 15 is 0 Å². The molecule has 0 atom stereocenters. The Bertz CT molecular complexity index is 1190. The van der Waals surface area contributed by atoms with Crippen molar-refractivity contribution in [2.75, 3.05) is 23.9 Å². The fraction of sp³-hybridized carbons (Fsp3) is 0.125. The molecule has 4 rings (SSSR count). The Hall–Kier alpha value is -3.71. The highest BCUT2D eigenvalue weighted by Gasteiger charge is 2.34. The molecule has 156 valence electrons. The number of benzene rings is 2. The fourth-order valence-electron chi connectivity index (χ4n) is 3.39. The number of anilines is 2. The van der Waals surface area contributed by atoms with Crippen molar-refractivity contribution in [1.29, 1.82) is 0 Å². The third-order valence-electron chi connectivity index (χ3n) is 5.11. The summed E-state index contributed by atoms with van der Waals surface area (Å²) in [5.41, 5.74) is 4.43. The number of amides is 2. The Kier molecular flexibility index (Phi) is 5.44. The molecular weight excluding hydrogens is 408 g/mol. The summed E-state index contributed by atoms with van der Waals surface area (Å²) >= 11 is 5.27. The van der Waals surface area contributed by atoms with Gasteiger partial charge in [-0.3, -0.25) is 19.8 Å². The lowest BCUT2D eigenvalue weighted by Crippen LogP contribution is -2.54. The second kappa shape index (κ2) is 8.20. The van der Waals surface area contributed by atoms with Gasteiger partial charge >= 0.3 is 0 Å². The summed E-state index contributed by atoms with van der Waals surface area (Å²) in [7, 11) is 3.97. The summed E-state index contributed by atoms with van der Waals surface area (Å²) in [6.07, 6.45) is 3.49. The summed E-state index contributed by atoms with van der Waals surface area (Å²) in [5.74, 6) is -0.956. The normalized spacial score (nSPS) is 15.4. The highest BCUT2D eigenvalue weighted by Crippen LogP contribution is 2.24. The van der Waals surface area contributed by atoms with Crippen LogP contribution in [0, 0.1) is 6.92 Å². The summed E-state index contributed by atoms with van der Waals surface area (Å²) in [5, 5.41) is 2.70. The predicted molar refractivity (Wildman–Crippen MR) is 127 cm³/mol. The van der Waals surface area contributed by atoms with Crippen LogP contribution in [0.4, 0.5) is 11.4 Å². The van der Waals surface area contributed by atoms with E-state index < -0.39 is 11.8 Å². The number of carbonyl (C=O) groups excluding carboxylic acids is 2. The van der Waals surface area contributed by atoms with Crippen LogP contribution in [0.15, 0.2) is 72.4 Å². The average molecular weight is 431 g/mol. The SMILES string of the molecule is Cc1ccc(N2C(=O)/C(=C/c3cccn3-c3ccc(N(C)C)cc3)C(=O)NC2=S)cc1. The van der Waals surface area contributed by atoms with Crippen molar-refractivity contribution in [2.45, 2.75) is 6.92 Å². The lowest BCUT2D eigenvalue weighted by molar-refractivity contribution is -0.122. The molecule has 1 saturated heterocycles. The highest BCUT2D eigenvalue weighted by molar-refractivity contribution is 7.80. The minimum absolute atomic E-state index is 0.0269. The smallest absolute Gasteiger partial charge is 0.270 e. The summed E-state index contributed by atoms with van der Waals surface area (Å²) in [6.45, 7) is 1.96. The molecular formula is C24H22N4O2S. The van der Waals surface area contributed by atoms with Gasteiger partial charge in [-0.05, 0) is 73.7 Å². The number of nitrogens with one attached hydrogen (secondary N) is 1. The van der Waals surface area contributed by atoms with E-state index in [1.165, 1.54) is 4.90 Å². The molecule has 1 fully saturated rings.